The van der Waals surface area contributed by atoms with E-state index in [1.165, 1.54) is 4.90 Å². The standard InChI is InChI=1S/C31H36N4O8/c1-18(36)42-25(26-29(39)35(12-13-41-26)23-9-7-21-16-33(5)28(38)24(21)15-23)27(37)32-22-8-6-20-17-34(11-10-19(20)14-22)30(40)43-31(2,3)4/h6-9,14-15,25-26H,10-13,16-17H2,1-5H3,(H,32,37). The lowest BCUT2D eigenvalue weighted by molar-refractivity contribution is -0.167. The Kier molecular flexibility index (Phi) is 8.15. The van der Waals surface area contributed by atoms with E-state index in [0.29, 0.717) is 43.0 Å². The minimum atomic E-state index is -1.55. The van der Waals surface area contributed by atoms with Crippen LogP contribution in [-0.2, 0) is 48.1 Å². The molecule has 228 valence electrons. The summed E-state index contributed by atoms with van der Waals surface area (Å²) in [4.78, 5) is 68.8. The molecule has 0 aromatic heterocycles. The molecule has 0 spiro atoms. The molecule has 0 aliphatic carbocycles. The number of hydrogen-bond acceptors (Lipinski definition) is 8. The molecule has 2 unspecified atom stereocenters. The molecule has 1 fully saturated rings. The quantitative estimate of drug-likeness (QED) is 0.524. The third-order valence-electron chi connectivity index (χ3n) is 7.48. The molecule has 12 nitrogen and oxygen atoms in total. The van der Waals surface area contributed by atoms with Crippen molar-refractivity contribution in [1.29, 1.82) is 0 Å². The van der Waals surface area contributed by atoms with Gasteiger partial charge in [-0.2, -0.15) is 0 Å². The van der Waals surface area contributed by atoms with Gasteiger partial charge >= 0.3 is 12.1 Å². The van der Waals surface area contributed by atoms with E-state index in [4.69, 9.17) is 14.2 Å². The van der Waals surface area contributed by atoms with Crippen LogP contribution in [0.15, 0.2) is 36.4 Å². The zero-order chi connectivity index (χ0) is 31.1. The van der Waals surface area contributed by atoms with Gasteiger partial charge in [-0.05, 0) is 68.1 Å². The van der Waals surface area contributed by atoms with Crippen LogP contribution >= 0.6 is 0 Å². The number of anilines is 2. The van der Waals surface area contributed by atoms with Crippen LogP contribution in [0, 0.1) is 0 Å². The Bertz CT molecular complexity index is 1480. The summed E-state index contributed by atoms with van der Waals surface area (Å²) in [5, 5.41) is 2.76. The number of benzene rings is 2. The molecule has 5 rings (SSSR count). The molecule has 2 aromatic rings. The van der Waals surface area contributed by atoms with Crippen molar-refractivity contribution in [3.05, 3.63) is 58.7 Å². The number of nitrogens with one attached hydrogen (secondary N) is 1. The van der Waals surface area contributed by atoms with Crippen molar-refractivity contribution in [2.45, 2.75) is 65.0 Å². The van der Waals surface area contributed by atoms with E-state index in [1.54, 1.807) is 41.1 Å². The normalized spacial score (nSPS) is 19.0. The Morgan fingerprint density at radius 1 is 1.00 bits per heavy atom. The van der Waals surface area contributed by atoms with Gasteiger partial charge in [0, 0.05) is 57.1 Å². The third-order valence-corrected chi connectivity index (χ3v) is 7.48. The van der Waals surface area contributed by atoms with Crippen molar-refractivity contribution in [3.63, 3.8) is 0 Å². The van der Waals surface area contributed by atoms with Crippen molar-refractivity contribution in [2.24, 2.45) is 0 Å². The molecule has 1 N–H and O–H groups in total. The SMILES string of the molecule is CC(=O)OC(C(=O)Nc1ccc2c(c1)CCN(C(=O)OC(C)(C)C)C2)C1OCCN(c2ccc3c(c2)C(=O)N(C)C3)C1=O. The van der Waals surface area contributed by atoms with E-state index in [2.05, 4.69) is 5.32 Å². The number of esters is 1. The third kappa shape index (κ3) is 6.48. The number of rotatable bonds is 5. The van der Waals surface area contributed by atoms with Gasteiger partial charge in [0.2, 0.25) is 6.10 Å². The maximum absolute atomic E-state index is 13.6. The van der Waals surface area contributed by atoms with Crippen LogP contribution in [0.1, 0.15) is 54.7 Å². The maximum atomic E-state index is 13.6. The minimum absolute atomic E-state index is 0.0966. The fraction of sp³-hybridized carbons (Fsp3) is 0.452. The van der Waals surface area contributed by atoms with Crippen LogP contribution in [0.2, 0.25) is 0 Å². The number of ether oxygens (including phenoxy) is 3. The van der Waals surface area contributed by atoms with Gasteiger partial charge in [0.1, 0.15) is 5.60 Å². The van der Waals surface area contributed by atoms with Crippen LogP contribution in [0.25, 0.3) is 0 Å². The summed E-state index contributed by atoms with van der Waals surface area (Å²) >= 11 is 0. The summed E-state index contributed by atoms with van der Waals surface area (Å²) in [6.07, 6.45) is -2.76. The highest BCUT2D eigenvalue weighted by atomic mass is 16.6. The number of carbonyl (C=O) groups excluding carboxylic acids is 5. The fourth-order valence-corrected chi connectivity index (χ4v) is 5.44. The first-order valence-electron chi connectivity index (χ1n) is 14.2. The van der Waals surface area contributed by atoms with Gasteiger partial charge in [-0.25, -0.2) is 4.79 Å². The van der Waals surface area contributed by atoms with Crippen molar-refractivity contribution >= 4 is 41.2 Å². The first-order valence-corrected chi connectivity index (χ1v) is 14.2. The molecule has 1 saturated heterocycles. The highest BCUT2D eigenvalue weighted by Crippen LogP contribution is 2.29. The van der Waals surface area contributed by atoms with E-state index >= 15 is 0 Å². The summed E-state index contributed by atoms with van der Waals surface area (Å²) in [6, 6.07) is 10.5. The van der Waals surface area contributed by atoms with Crippen LogP contribution < -0.4 is 10.2 Å². The largest absolute Gasteiger partial charge is 0.449 e. The summed E-state index contributed by atoms with van der Waals surface area (Å²) < 4.78 is 16.5. The lowest BCUT2D eigenvalue weighted by atomic mass is 9.99. The smallest absolute Gasteiger partial charge is 0.410 e. The molecule has 0 saturated carbocycles. The molecule has 3 aliphatic rings. The second-order valence-corrected chi connectivity index (χ2v) is 11.9. The summed E-state index contributed by atoms with van der Waals surface area (Å²) in [5.41, 5.74) is 3.62. The van der Waals surface area contributed by atoms with Crippen LogP contribution in [0.4, 0.5) is 16.2 Å². The Labute approximate surface area is 249 Å². The van der Waals surface area contributed by atoms with Crippen LogP contribution in [0.5, 0.6) is 0 Å². The molecular weight excluding hydrogens is 556 g/mol. The highest BCUT2D eigenvalue weighted by Gasteiger charge is 2.43. The molecule has 0 radical (unpaired) electrons. The first kappa shape index (κ1) is 30.0. The van der Waals surface area contributed by atoms with Crippen LogP contribution in [0.3, 0.4) is 0 Å². The van der Waals surface area contributed by atoms with Gasteiger partial charge in [-0.3, -0.25) is 19.2 Å². The predicted molar refractivity (Wildman–Crippen MR) is 155 cm³/mol. The number of carbonyl (C=O) groups is 5. The second-order valence-electron chi connectivity index (χ2n) is 11.9. The van der Waals surface area contributed by atoms with Crippen molar-refractivity contribution in [3.8, 4) is 0 Å². The summed E-state index contributed by atoms with van der Waals surface area (Å²) in [5.74, 6) is -2.15. The van der Waals surface area contributed by atoms with Gasteiger partial charge in [0.15, 0.2) is 6.10 Å². The van der Waals surface area contributed by atoms with Gasteiger partial charge in [0.05, 0.1) is 6.61 Å². The van der Waals surface area contributed by atoms with Gasteiger partial charge in [-0.15, -0.1) is 0 Å². The van der Waals surface area contributed by atoms with E-state index in [0.717, 1.165) is 23.6 Å². The Balaban J connectivity index is 1.30. The van der Waals surface area contributed by atoms with Gasteiger partial charge < -0.3 is 34.2 Å². The number of nitrogens with zero attached hydrogens (tertiary/aromatic N) is 3. The highest BCUT2D eigenvalue weighted by molar-refractivity contribution is 6.06. The molecule has 3 aliphatic heterocycles. The second kappa shape index (κ2) is 11.7. The fourth-order valence-electron chi connectivity index (χ4n) is 5.44. The molecule has 12 heteroatoms. The number of amides is 4. The molecule has 0 bridgehead atoms. The zero-order valence-electron chi connectivity index (χ0n) is 25.0. The minimum Gasteiger partial charge on any atom is -0.449 e. The predicted octanol–water partition coefficient (Wildman–Crippen LogP) is 2.87. The van der Waals surface area contributed by atoms with Crippen LogP contribution in [-0.4, -0.2) is 84.1 Å². The Hall–Kier alpha value is -4.45. The number of hydrogen-bond donors (Lipinski definition) is 1. The molecule has 43 heavy (non-hydrogen) atoms. The van der Waals surface area contributed by atoms with E-state index in [9.17, 15) is 24.0 Å². The van der Waals surface area contributed by atoms with Crippen molar-refractivity contribution in [2.75, 3.05) is 37.0 Å². The lowest BCUT2D eigenvalue weighted by Gasteiger charge is -2.35. The van der Waals surface area contributed by atoms with E-state index in [1.807, 2.05) is 32.9 Å². The average molecular weight is 593 g/mol. The Morgan fingerprint density at radius 2 is 1.74 bits per heavy atom. The van der Waals surface area contributed by atoms with E-state index < -0.39 is 35.6 Å². The Morgan fingerprint density at radius 3 is 2.47 bits per heavy atom. The maximum Gasteiger partial charge on any atom is 0.410 e. The average Bonchev–Trinajstić information content (AvgIpc) is 3.23. The molecule has 4 amide bonds. The number of fused-ring (bicyclic) bond motifs is 2. The molecule has 2 atom stereocenters. The number of morpholine rings is 1. The summed E-state index contributed by atoms with van der Waals surface area (Å²) in [6.45, 7) is 8.24. The molecule has 3 heterocycles. The lowest BCUT2D eigenvalue weighted by Crippen LogP contribution is -2.56. The molecular formula is C31H36N4O8. The van der Waals surface area contributed by atoms with Crippen molar-refractivity contribution < 1.29 is 38.2 Å². The molecule has 2 aromatic carbocycles. The van der Waals surface area contributed by atoms with Crippen molar-refractivity contribution in [1.82, 2.24) is 9.80 Å². The van der Waals surface area contributed by atoms with E-state index in [-0.39, 0.29) is 25.2 Å². The monoisotopic (exact) mass is 592 g/mol. The zero-order valence-corrected chi connectivity index (χ0v) is 25.0. The topological polar surface area (TPSA) is 135 Å². The summed E-state index contributed by atoms with van der Waals surface area (Å²) in [7, 11) is 1.71. The first-order chi connectivity index (χ1) is 20.3. The van der Waals surface area contributed by atoms with Gasteiger partial charge in [0.25, 0.3) is 17.7 Å². The van der Waals surface area contributed by atoms with Gasteiger partial charge in [-0.1, -0.05) is 12.1 Å².